The summed E-state index contributed by atoms with van der Waals surface area (Å²) in [5, 5.41) is 11.2. The summed E-state index contributed by atoms with van der Waals surface area (Å²) < 4.78 is 42.9. The maximum Gasteiger partial charge on any atom is 0.471 e. The zero-order valence-corrected chi connectivity index (χ0v) is 12.6. The Labute approximate surface area is 138 Å². The van der Waals surface area contributed by atoms with Gasteiger partial charge in [0.15, 0.2) is 0 Å². The lowest BCUT2D eigenvalue weighted by Crippen LogP contribution is -2.38. The number of amides is 1. The van der Waals surface area contributed by atoms with Crippen molar-refractivity contribution >= 4 is 23.1 Å². The number of rotatable bonds is 4. The summed E-state index contributed by atoms with van der Waals surface area (Å²) in [7, 11) is 0.794. The fourth-order valence-corrected chi connectivity index (χ4v) is 1.92. The Bertz CT molecular complexity index is 826. The first-order chi connectivity index (χ1) is 11.6. The van der Waals surface area contributed by atoms with Crippen LogP contribution in [0, 0.1) is 10.1 Å². The zero-order valence-electron chi connectivity index (χ0n) is 12.6. The monoisotopic (exact) mass is 356 g/mol. The number of benzene rings is 1. The van der Waals surface area contributed by atoms with Gasteiger partial charge in [-0.2, -0.15) is 13.2 Å². The van der Waals surface area contributed by atoms with Crippen LogP contribution in [0.15, 0.2) is 36.5 Å². The molecule has 2 aromatic rings. The third-order valence-corrected chi connectivity index (χ3v) is 3.04. The van der Waals surface area contributed by atoms with Crippen LogP contribution in [-0.4, -0.2) is 29.0 Å². The fourth-order valence-electron chi connectivity index (χ4n) is 1.92. The molecule has 1 amide bonds. The van der Waals surface area contributed by atoms with Crippen molar-refractivity contribution in [2.75, 3.05) is 17.7 Å². The molecule has 0 aliphatic carbocycles. The van der Waals surface area contributed by atoms with Crippen molar-refractivity contribution < 1.29 is 27.6 Å². The van der Waals surface area contributed by atoms with Gasteiger partial charge in [-0.3, -0.25) is 14.9 Å². The summed E-state index contributed by atoms with van der Waals surface area (Å²) in [5.74, 6) is -1.87. The minimum Gasteiger partial charge on any atom is -0.457 e. The van der Waals surface area contributed by atoms with Crippen LogP contribution in [-0.2, 0) is 4.79 Å². The van der Waals surface area contributed by atoms with Gasteiger partial charge in [0.25, 0.3) is 5.69 Å². The Morgan fingerprint density at radius 1 is 1.28 bits per heavy atom. The van der Waals surface area contributed by atoms with E-state index in [-0.39, 0.29) is 22.2 Å². The lowest BCUT2D eigenvalue weighted by molar-refractivity contribution is -0.384. The highest BCUT2D eigenvalue weighted by Gasteiger charge is 2.43. The van der Waals surface area contributed by atoms with Crippen LogP contribution in [0.4, 0.5) is 30.4 Å². The van der Waals surface area contributed by atoms with Gasteiger partial charge in [0.05, 0.1) is 11.0 Å². The summed E-state index contributed by atoms with van der Waals surface area (Å²) in [5.41, 5.74) is 4.24. The van der Waals surface area contributed by atoms with E-state index in [1.54, 1.807) is 0 Å². The fraction of sp³-hybridized carbons (Fsp3) is 0.143. The van der Waals surface area contributed by atoms with Crippen molar-refractivity contribution in [3.8, 4) is 11.5 Å². The van der Waals surface area contributed by atoms with E-state index in [4.69, 9.17) is 10.5 Å². The molecule has 0 fully saturated rings. The first-order valence-corrected chi connectivity index (χ1v) is 6.62. The smallest absolute Gasteiger partial charge is 0.457 e. The van der Waals surface area contributed by atoms with Gasteiger partial charge >= 0.3 is 12.1 Å². The molecule has 8 nitrogen and oxygen atoms in total. The highest BCUT2D eigenvalue weighted by Crippen LogP contribution is 2.35. The molecule has 11 heteroatoms. The number of nitro benzene ring substituents is 1. The van der Waals surface area contributed by atoms with Crippen molar-refractivity contribution in [2.24, 2.45) is 0 Å². The van der Waals surface area contributed by atoms with Crippen molar-refractivity contribution in [3.63, 3.8) is 0 Å². The summed E-state index contributed by atoms with van der Waals surface area (Å²) in [6.07, 6.45) is -3.81. The number of nitrogens with two attached hydrogens (primary N) is 1. The predicted octanol–water partition coefficient (Wildman–Crippen LogP) is 2.89. The van der Waals surface area contributed by atoms with Gasteiger partial charge in [-0.15, -0.1) is 0 Å². The molecule has 2 N–H and O–H groups in total. The second kappa shape index (κ2) is 6.63. The van der Waals surface area contributed by atoms with E-state index in [2.05, 4.69) is 4.98 Å². The van der Waals surface area contributed by atoms with Gasteiger partial charge in [-0.05, 0) is 18.2 Å². The maximum atomic E-state index is 12.5. The van der Waals surface area contributed by atoms with E-state index in [0.717, 1.165) is 19.2 Å². The average Bonchev–Trinajstić information content (AvgIpc) is 2.52. The van der Waals surface area contributed by atoms with Crippen molar-refractivity contribution in [1.82, 2.24) is 4.98 Å². The molecule has 0 radical (unpaired) electrons. The molecule has 0 spiro atoms. The van der Waals surface area contributed by atoms with Gasteiger partial charge in [-0.1, -0.05) is 0 Å². The number of nitrogen functional groups attached to an aromatic ring is 1. The van der Waals surface area contributed by atoms with Crippen molar-refractivity contribution in [2.45, 2.75) is 6.18 Å². The largest absolute Gasteiger partial charge is 0.471 e. The predicted molar refractivity (Wildman–Crippen MR) is 81.3 cm³/mol. The molecule has 0 aliphatic rings. The number of carbonyl (C=O) groups is 1. The van der Waals surface area contributed by atoms with E-state index in [1.165, 1.54) is 24.4 Å². The molecular formula is C14H11F3N4O4. The van der Waals surface area contributed by atoms with E-state index < -0.39 is 28.4 Å². The van der Waals surface area contributed by atoms with E-state index >= 15 is 0 Å². The van der Waals surface area contributed by atoms with Gasteiger partial charge in [-0.25, -0.2) is 4.98 Å². The average molecular weight is 356 g/mol. The number of alkyl halides is 3. The molecule has 0 bridgehead atoms. The Morgan fingerprint density at radius 2 is 1.92 bits per heavy atom. The molecule has 0 saturated carbocycles. The van der Waals surface area contributed by atoms with Crippen LogP contribution in [0.3, 0.4) is 0 Å². The summed E-state index contributed by atoms with van der Waals surface area (Å²) in [4.78, 5) is 25.4. The standard InChI is InChI=1S/C14H11F3N4O4/c1-20(13(22)14(15,16)17)10-3-2-8(6-11(10)21(23)24)25-9-4-5-19-12(18)7-9/h2-7H,1H3,(H2,18,19). The highest BCUT2D eigenvalue weighted by molar-refractivity contribution is 5.98. The number of hydrogen-bond donors (Lipinski definition) is 1. The van der Waals surface area contributed by atoms with E-state index in [0.29, 0.717) is 0 Å². The zero-order chi connectivity index (χ0) is 18.8. The van der Waals surface area contributed by atoms with Crippen LogP contribution in [0.5, 0.6) is 11.5 Å². The molecule has 0 unspecified atom stereocenters. The quantitative estimate of drug-likeness (QED) is 0.666. The van der Waals surface area contributed by atoms with Crippen LogP contribution < -0.4 is 15.4 Å². The molecule has 0 aliphatic heterocycles. The third-order valence-electron chi connectivity index (χ3n) is 3.04. The summed E-state index contributed by atoms with van der Waals surface area (Å²) >= 11 is 0. The number of ether oxygens (including phenoxy) is 1. The van der Waals surface area contributed by atoms with Crippen LogP contribution in [0.1, 0.15) is 0 Å². The number of aromatic nitrogens is 1. The van der Waals surface area contributed by atoms with Gasteiger partial charge in [0.1, 0.15) is 23.0 Å². The maximum absolute atomic E-state index is 12.5. The topological polar surface area (TPSA) is 112 Å². The number of pyridine rings is 1. The molecule has 1 aromatic carbocycles. The molecule has 25 heavy (non-hydrogen) atoms. The van der Waals surface area contributed by atoms with E-state index in [9.17, 15) is 28.1 Å². The number of hydrogen-bond acceptors (Lipinski definition) is 6. The molecule has 2 rings (SSSR count). The Kier molecular flexibility index (Phi) is 4.77. The molecule has 1 aromatic heterocycles. The summed E-state index contributed by atoms with van der Waals surface area (Å²) in [6, 6.07) is 5.89. The SMILES string of the molecule is CN(C(=O)C(F)(F)F)c1ccc(Oc2ccnc(N)c2)cc1[N+](=O)[O-]. The summed E-state index contributed by atoms with van der Waals surface area (Å²) in [6.45, 7) is 0. The van der Waals surface area contributed by atoms with Gasteiger partial charge < -0.3 is 15.4 Å². The molecule has 1 heterocycles. The molecule has 132 valence electrons. The van der Waals surface area contributed by atoms with Crippen LogP contribution in [0.25, 0.3) is 0 Å². The first-order valence-electron chi connectivity index (χ1n) is 6.62. The van der Waals surface area contributed by atoms with Crippen molar-refractivity contribution in [1.29, 1.82) is 0 Å². The minimum atomic E-state index is -5.16. The first kappa shape index (κ1) is 18.0. The number of nitro groups is 1. The number of nitrogens with zero attached hydrogens (tertiary/aromatic N) is 3. The second-order valence-corrected chi connectivity index (χ2v) is 4.79. The van der Waals surface area contributed by atoms with Crippen LogP contribution >= 0.6 is 0 Å². The Hall–Kier alpha value is -3.37. The molecular weight excluding hydrogens is 345 g/mol. The van der Waals surface area contributed by atoms with Gasteiger partial charge in [0, 0.05) is 19.3 Å². The number of halogens is 3. The minimum absolute atomic E-state index is 0.0195. The normalized spacial score (nSPS) is 11.0. The van der Waals surface area contributed by atoms with Crippen LogP contribution in [0.2, 0.25) is 0 Å². The molecule has 0 saturated heterocycles. The second-order valence-electron chi connectivity index (χ2n) is 4.79. The van der Waals surface area contributed by atoms with Gasteiger partial charge in [0.2, 0.25) is 0 Å². The number of carbonyl (C=O) groups excluding carboxylic acids is 1. The lowest BCUT2D eigenvalue weighted by atomic mass is 10.2. The van der Waals surface area contributed by atoms with Crippen molar-refractivity contribution in [3.05, 3.63) is 46.6 Å². The number of anilines is 2. The highest BCUT2D eigenvalue weighted by atomic mass is 19.4. The Morgan fingerprint density at radius 3 is 2.48 bits per heavy atom. The van der Waals surface area contributed by atoms with E-state index in [1.807, 2.05) is 0 Å². The molecule has 0 atom stereocenters. The Balaban J connectivity index is 2.38. The third kappa shape index (κ3) is 4.13. The lowest BCUT2D eigenvalue weighted by Gasteiger charge is -2.19.